The molecule has 1 fully saturated rings. The van der Waals surface area contributed by atoms with Crippen LogP contribution < -0.4 is 0 Å². The van der Waals surface area contributed by atoms with E-state index in [9.17, 15) is 4.79 Å². The van der Waals surface area contributed by atoms with Crippen molar-refractivity contribution in [2.75, 3.05) is 13.1 Å². The molecule has 0 unspecified atom stereocenters. The molecule has 1 saturated heterocycles. The van der Waals surface area contributed by atoms with E-state index in [-0.39, 0.29) is 18.0 Å². The molecule has 0 saturated carbocycles. The van der Waals surface area contributed by atoms with Crippen molar-refractivity contribution in [1.29, 1.82) is 0 Å². The van der Waals surface area contributed by atoms with Gasteiger partial charge in [-0.15, -0.1) is 0 Å². The average Bonchev–Trinajstić information content (AvgIpc) is 3.17. The molecule has 1 aliphatic heterocycles. The van der Waals surface area contributed by atoms with Crippen LogP contribution >= 0.6 is 0 Å². The molecule has 2 aromatic rings. The Bertz CT molecular complexity index is 603. The van der Waals surface area contributed by atoms with E-state index < -0.39 is 0 Å². The van der Waals surface area contributed by atoms with E-state index in [4.69, 9.17) is 0 Å². The van der Waals surface area contributed by atoms with Crippen molar-refractivity contribution in [3.63, 3.8) is 0 Å². The van der Waals surface area contributed by atoms with Crippen molar-refractivity contribution in [2.45, 2.75) is 38.8 Å². The van der Waals surface area contributed by atoms with Gasteiger partial charge in [-0.3, -0.25) is 9.48 Å². The predicted molar refractivity (Wildman–Crippen MR) is 78.8 cm³/mol. The van der Waals surface area contributed by atoms with Crippen LogP contribution in [0.1, 0.15) is 37.4 Å². The van der Waals surface area contributed by atoms with Gasteiger partial charge in [-0.2, -0.15) is 5.10 Å². The van der Waals surface area contributed by atoms with E-state index in [0.29, 0.717) is 0 Å². The Balaban J connectivity index is 1.69. The van der Waals surface area contributed by atoms with Crippen LogP contribution in [-0.4, -0.2) is 43.2 Å². The molecule has 0 bridgehead atoms. The maximum Gasteiger partial charge on any atom is 0.245 e. The van der Waals surface area contributed by atoms with Crippen LogP contribution in [0.3, 0.4) is 0 Å². The number of likely N-dealkylation sites (tertiary alicyclic amines) is 1. The molecule has 3 heterocycles. The first-order valence-electron chi connectivity index (χ1n) is 7.42. The number of imidazole rings is 1. The van der Waals surface area contributed by atoms with Crippen LogP contribution in [0.15, 0.2) is 31.1 Å². The Morgan fingerprint density at radius 1 is 1.48 bits per heavy atom. The summed E-state index contributed by atoms with van der Waals surface area (Å²) in [4.78, 5) is 18.6. The van der Waals surface area contributed by atoms with Crippen molar-refractivity contribution < 1.29 is 4.79 Å². The van der Waals surface area contributed by atoms with Crippen molar-refractivity contribution >= 4 is 5.91 Å². The highest BCUT2D eigenvalue weighted by molar-refractivity contribution is 5.80. The second kappa shape index (κ2) is 5.71. The SMILES string of the molecule is Cc1cnn([C@@H]2CCCN(C(=O)[C@@H](C)n3ccnc3)C2)c1. The van der Waals surface area contributed by atoms with Gasteiger partial charge in [0, 0.05) is 31.7 Å². The fourth-order valence-electron chi connectivity index (χ4n) is 2.89. The van der Waals surface area contributed by atoms with E-state index in [2.05, 4.69) is 16.3 Å². The third kappa shape index (κ3) is 2.84. The van der Waals surface area contributed by atoms with E-state index in [0.717, 1.165) is 31.5 Å². The molecule has 1 amide bonds. The van der Waals surface area contributed by atoms with Gasteiger partial charge in [0.15, 0.2) is 0 Å². The van der Waals surface area contributed by atoms with Gasteiger partial charge in [-0.1, -0.05) is 0 Å². The number of carbonyl (C=O) groups excluding carboxylic acids is 1. The summed E-state index contributed by atoms with van der Waals surface area (Å²) < 4.78 is 3.85. The summed E-state index contributed by atoms with van der Waals surface area (Å²) in [5.74, 6) is 0.154. The predicted octanol–water partition coefficient (Wildman–Crippen LogP) is 1.81. The summed E-state index contributed by atoms with van der Waals surface area (Å²) >= 11 is 0. The number of carbonyl (C=O) groups is 1. The van der Waals surface area contributed by atoms with Crippen molar-refractivity contribution in [3.8, 4) is 0 Å². The number of aryl methyl sites for hydroxylation is 1. The second-order valence-electron chi connectivity index (χ2n) is 5.76. The molecule has 2 aromatic heterocycles. The highest BCUT2D eigenvalue weighted by atomic mass is 16.2. The Morgan fingerprint density at radius 3 is 3.00 bits per heavy atom. The van der Waals surface area contributed by atoms with Crippen molar-refractivity contribution in [3.05, 3.63) is 36.7 Å². The molecule has 6 heteroatoms. The zero-order chi connectivity index (χ0) is 14.8. The molecule has 2 atom stereocenters. The minimum Gasteiger partial charge on any atom is -0.339 e. The van der Waals surface area contributed by atoms with Crippen LogP contribution in [0, 0.1) is 6.92 Å². The Labute approximate surface area is 124 Å². The number of nitrogens with zero attached hydrogens (tertiary/aromatic N) is 5. The van der Waals surface area contributed by atoms with Gasteiger partial charge in [0.05, 0.1) is 18.6 Å². The topological polar surface area (TPSA) is 56.0 Å². The number of amides is 1. The Hall–Kier alpha value is -2.11. The quantitative estimate of drug-likeness (QED) is 0.865. The third-order valence-electron chi connectivity index (χ3n) is 4.14. The maximum absolute atomic E-state index is 12.6. The molecule has 0 radical (unpaired) electrons. The van der Waals surface area contributed by atoms with Crippen LogP contribution in [0.2, 0.25) is 0 Å². The lowest BCUT2D eigenvalue weighted by molar-refractivity contribution is -0.136. The number of hydrogen-bond acceptors (Lipinski definition) is 3. The Kier molecular flexibility index (Phi) is 3.77. The van der Waals surface area contributed by atoms with Gasteiger partial charge < -0.3 is 9.47 Å². The number of hydrogen-bond donors (Lipinski definition) is 0. The van der Waals surface area contributed by atoms with Crippen LogP contribution in [-0.2, 0) is 4.79 Å². The lowest BCUT2D eigenvalue weighted by Gasteiger charge is -2.34. The first-order valence-corrected chi connectivity index (χ1v) is 7.42. The van der Waals surface area contributed by atoms with Crippen LogP contribution in [0.5, 0.6) is 0 Å². The van der Waals surface area contributed by atoms with Gasteiger partial charge in [-0.25, -0.2) is 4.98 Å². The molecule has 0 spiro atoms. The molecule has 0 aromatic carbocycles. The molecule has 112 valence electrons. The number of aromatic nitrogens is 4. The lowest BCUT2D eigenvalue weighted by atomic mass is 10.0. The molecule has 1 aliphatic rings. The smallest absolute Gasteiger partial charge is 0.245 e. The lowest BCUT2D eigenvalue weighted by Crippen LogP contribution is -2.43. The molecule has 0 aliphatic carbocycles. The molecular formula is C15H21N5O. The first kappa shape index (κ1) is 13.9. The van der Waals surface area contributed by atoms with Gasteiger partial charge in [0.25, 0.3) is 0 Å². The summed E-state index contributed by atoms with van der Waals surface area (Å²) in [7, 11) is 0. The van der Waals surface area contributed by atoms with Crippen molar-refractivity contribution in [2.24, 2.45) is 0 Å². The molecule has 6 nitrogen and oxygen atoms in total. The van der Waals surface area contributed by atoms with Crippen LogP contribution in [0.25, 0.3) is 0 Å². The standard InChI is InChI=1S/C15H21N5O/c1-12-8-17-20(9-12)14-4-3-6-18(10-14)15(21)13(2)19-7-5-16-11-19/h5,7-9,11,13-14H,3-4,6,10H2,1-2H3/t13-,14-/m1/s1. The fourth-order valence-corrected chi connectivity index (χ4v) is 2.89. The molecule has 21 heavy (non-hydrogen) atoms. The molecule has 0 N–H and O–H groups in total. The summed E-state index contributed by atoms with van der Waals surface area (Å²) in [5.41, 5.74) is 1.16. The summed E-state index contributed by atoms with van der Waals surface area (Å²) in [6, 6.07) is 0.0806. The Morgan fingerprint density at radius 2 is 2.33 bits per heavy atom. The van der Waals surface area contributed by atoms with E-state index in [1.165, 1.54) is 0 Å². The zero-order valence-corrected chi connectivity index (χ0v) is 12.5. The van der Waals surface area contributed by atoms with Gasteiger partial charge in [0.2, 0.25) is 5.91 Å². The molecular weight excluding hydrogens is 266 g/mol. The largest absolute Gasteiger partial charge is 0.339 e. The third-order valence-corrected chi connectivity index (χ3v) is 4.14. The fraction of sp³-hybridized carbons (Fsp3) is 0.533. The highest BCUT2D eigenvalue weighted by Gasteiger charge is 2.28. The molecule has 3 rings (SSSR count). The van der Waals surface area contributed by atoms with Gasteiger partial charge in [-0.05, 0) is 32.3 Å². The number of rotatable bonds is 3. The second-order valence-corrected chi connectivity index (χ2v) is 5.76. The summed E-state index contributed by atoms with van der Waals surface area (Å²) in [5, 5.41) is 4.39. The van der Waals surface area contributed by atoms with E-state index >= 15 is 0 Å². The average molecular weight is 287 g/mol. The monoisotopic (exact) mass is 287 g/mol. The zero-order valence-electron chi connectivity index (χ0n) is 12.5. The van der Waals surface area contributed by atoms with Gasteiger partial charge in [0.1, 0.15) is 6.04 Å². The first-order chi connectivity index (χ1) is 10.1. The minimum atomic E-state index is -0.203. The van der Waals surface area contributed by atoms with E-state index in [1.54, 1.807) is 12.5 Å². The maximum atomic E-state index is 12.6. The number of piperidine rings is 1. The minimum absolute atomic E-state index is 0.154. The normalized spacial score (nSPS) is 20.5. The van der Waals surface area contributed by atoms with Crippen LogP contribution in [0.4, 0.5) is 0 Å². The summed E-state index contributed by atoms with van der Waals surface area (Å²) in [6.07, 6.45) is 11.3. The summed E-state index contributed by atoms with van der Waals surface area (Å²) in [6.45, 7) is 5.52. The highest BCUT2D eigenvalue weighted by Crippen LogP contribution is 2.23. The van der Waals surface area contributed by atoms with E-state index in [1.807, 2.05) is 40.4 Å². The van der Waals surface area contributed by atoms with Gasteiger partial charge >= 0.3 is 0 Å². The van der Waals surface area contributed by atoms with Crippen molar-refractivity contribution in [1.82, 2.24) is 24.2 Å².